The lowest BCUT2D eigenvalue weighted by atomic mass is 10.3. The van der Waals surface area contributed by atoms with Crippen molar-refractivity contribution in [3.05, 3.63) is 24.0 Å². The Bertz CT molecular complexity index is 581. The molecule has 0 amide bonds. The van der Waals surface area contributed by atoms with Gasteiger partial charge in [-0.15, -0.1) is 0 Å². The van der Waals surface area contributed by atoms with Gasteiger partial charge in [0.1, 0.15) is 5.82 Å². The molecule has 3 rings (SSSR count). The highest BCUT2D eigenvalue weighted by atomic mass is 15.2. The molecule has 4 heteroatoms. The number of benzene rings is 1. The Kier molecular flexibility index (Phi) is 3.92. The van der Waals surface area contributed by atoms with Crippen LogP contribution in [0.25, 0.3) is 11.0 Å². The van der Waals surface area contributed by atoms with Gasteiger partial charge in [-0.25, -0.2) is 4.98 Å². The summed E-state index contributed by atoms with van der Waals surface area (Å²) in [6.07, 6.45) is 4.86. The Hall–Kier alpha value is -1.55. The zero-order valence-electron chi connectivity index (χ0n) is 12.3. The molecule has 1 aliphatic heterocycles. The zero-order chi connectivity index (χ0) is 13.9. The SMILES string of the molecule is CCCc1nc2cc(N)ccc2n1CCN1CCCC1. The van der Waals surface area contributed by atoms with Crippen molar-refractivity contribution in [2.45, 2.75) is 39.2 Å². The fourth-order valence-electron chi connectivity index (χ4n) is 3.11. The van der Waals surface area contributed by atoms with Crippen LogP contribution in [0.5, 0.6) is 0 Å². The predicted molar refractivity (Wildman–Crippen MR) is 83.8 cm³/mol. The van der Waals surface area contributed by atoms with E-state index in [1.807, 2.05) is 12.1 Å². The number of anilines is 1. The van der Waals surface area contributed by atoms with Crippen molar-refractivity contribution in [1.82, 2.24) is 14.5 Å². The molecule has 0 atom stereocenters. The first-order valence-electron chi connectivity index (χ1n) is 7.75. The summed E-state index contributed by atoms with van der Waals surface area (Å²) in [5.74, 6) is 1.20. The van der Waals surface area contributed by atoms with Crippen molar-refractivity contribution < 1.29 is 0 Å². The van der Waals surface area contributed by atoms with Gasteiger partial charge in [0.05, 0.1) is 11.0 Å². The minimum absolute atomic E-state index is 0.796. The van der Waals surface area contributed by atoms with Crippen molar-refractivity contribution in [3.8, 4) is 0 Å². The molecule has 2 heterocycles. The highest BCUT2D eigenvalue weighted by molar-refractivity contribution is 5.79. The molecule has 0 saturated carbocycles. The van der Waals surface area contributed by atoms with Crippen molar-refractivity contribution in [2.24, 2.45) is 0 Å². The van der Waals surface area contributed by atoms with Crippen LogP contribution in [0, 0.1) is 0 Å². The van der Waals surface area contributed by atoms with Crippen molar-refractivity contribution in [2.75, 3.05) is 25.4 Å². The average Bonchev–Trinajstić information content (AvgIpc) is 3.04. The third-order valence-electron chi connectivity index (χ3n) is 4.16. The van der Waals surface area contributed by atoms with Gasteiger partial charge in [-0.2, -0.15) is 0 Å². The van der Waals surface area contributed by atoms with Gasteiger partial charge in [-0.3, -0.25) is 0 Å². The highest BCUT2D eigenvalue weighted by Gasteiger charge is 2.14. The summed E-state index contributed by atoms with van der Waals surface area (Å²) in [5, 5.41) is 0. The van der Waals surface area contributed by atoms with E-state index >= 15 is 0 Å². The fraction of sp³-hybridized carbons (Fsp3) is 0.562. The zero-order valence-corrected chi connectivity index (χ0v) is 12.3. The largest absolute Gasteiger partial charge is 0.399 e. The van der Waals surface area contributed by atoms with E-state index < -0.39 is 0 Å². The van der Waals surface area contributed by atoms with E-state index in [4.69, 9.17) is 10.7 Å². The molecule has 1 saturated heterocycles. The van der Waals surface area contributed by atoms with Crippen molar-refractivity contribution in [1.29, 1.82) is 0 Å². The van der Waals surface area contributed by atoms with Crippen molar-refractivity contribution >= 4 is 16.7 Å². The number of hydrogen-bond donors (Lipinski definition) is 1. The second kappa shape index (κ2) is 5.83. The Morgan fingerprint density at radius 3 is 2.75 bits per heavy atom. The van der Waals surface area contributed by atoms with Gasteiger partial charge >= 0.3 is 0 Å². The van der Waals surface area contributed by atoms with Crippen molar-refractivity contribution in [3.63, 3.8) is 0 Å². The first kappa shape index (κ1) is 13.4. The lowest BCUT2D eigenvalue weighted by Crippen LogP contribution is -2.24. The number of aryl methyl sites for hydroxylation is 1. The minimum atomic E-state index is 0.796. The van der Waals surface area contributed by atoms with Gasteiger partial charge in [0.2, 0.25) is 0 Å². The van der Waals surface area contributed by atoms with E-state index in [0.717, 1.165) is 37.1 Å². The van der Waals surface area contributed by atoms with E-state index in [0.29, 0.717) is 0 Å². The molecule has 4 nitrogen and oxygen atoms in total. The molecule has 2 aromatic rings. The standard InChI is InChI=1S/C16H24N4/c1-2-5-16-18-14-12-13(17)6-7-15(14)20(16)11-10-19-8-3-4-9-19/h6-7,12H,2-5,8-11,17H2,1H3. The number of nitrogens with two attached hydrogens (primary N) is 1. The molecule has 1 aliphatic rings. The summed E-state index contributed by atoms with van der Waals surface area (Å²) >= 11 is 0. The second-order valence-electron chi connectivity index (χ2n) is 5.73. The van der Waals surface area contributed by atoms with Crippen LogP contribution in [0.2, 0.25) is 0 Å². The monoisotopic (exact) mass is 272 g/mol. The van der Waals surface area contributed by atoms with Gasteiger partial charge < -0.3 is 15.2 Å². The van der Waals surface area contributed by atoms with Gasteiger partial charge in [-0.1, -0.05) is 6.92 Å². The lowest BCUT2D eigenvalue weighted by molar-refractivity contribution is 0.322. The summed E-state index contributed by atoms with van der Waals surface area (Å²) in [6, 6.07) is 6.08. The van der Waals surface area contributed by atoms with Gasteiger partial charge in [0, 0.05) is 25.2 Å². The van der Waals surface area contributed by atoms with E-state index in [1.165, 1.54) is 37.3 Å². The molecule has 0 bridgehead atoms. The molecule has 1 aromatic carbocycles. The summed E-state index contributed by atoms with van der Waals surface area (Å²) in [4.78, 5) is 7.33. The van der Waals surface area contributed by atoms with Crippen LogP contribution in [-0.4, -0.2) is 34.1 Å². The predicted octanol–water partition coefficient (Wildman–Crippen LogP) is 2.67. The number of fused-ring (bicyclic) bond motifs is 1. The third-order valence-corrected chi connectivity index (χ3v) is 4.16. The van der Waals surface area contributed by atoms with Gasteiger partial charge in [-0.05, 0) is 50.6 Å². The van der Waals surface area contributed by atoms with Crippen LogP contribution in [0.4, 0.5) is 5.69 Å². The maximum atomic E-state index is 5.87. The molecular weight excluding hydrogens is 248 g/mol. The Balaban J connectivity index is 1.87. The first-order chi connectivity index (χ1) is 9.78. The first-order valence-corrected chi connectivity index (χ1v) is 7.75. The minimum Gasteiger partial charge on any atom is -0.399 e. The molecule has 0 unspecified atom stereocenters. The molecule has 2 N–H and O–H groups in total. The number of nitrogens with zero attached hydrogens (tertiary/aromatic N) is 3. The van der Waals surface area contributed by atoms with E-state index in [1.54, 1.807) is 0 Å². The fourth-order valence-corrected chi connectivity index (χ4v) is 3.11. The molecule has 0 radical (unpaired) electrons. The molecular formula is C16H24N4. The maximum absolute atomic E-state index is 5.87. The van der Waals surface area contributed by atoms with Crippen LogP contribution in [0.3, 0.4) is 0 Å². The summed E-state index contributed by atoms with van der Waals surface area (Å²) < 4.78 is 2.39. The molecule has 0 aliphatic carbocycles. The van der Waals surface area contributed by atoms with Gasteiger partial charge in [0.15, 0.2) is 0 Å². The molecule has 1 fully saturated rings. The number of aromatic nitrogens is 2. The Labute approximate surface area is 120 Å². The summed E-state index contributed by atoms with van der Waals surface area (Å²) in [6.45, 7) is 6.88. The second-order valence-corrected chi connectivity index (χ2v) is 5.73. The number of hydrogen-bond acceptors (Lipinski definition) is 3. The maximum Gasteiger partial charge on any atom is 0.109 e. The van der Waals surface area contributed by atoms with E-state index in [-0.39, 0.29) is 0 Å². The van der Waals surface area contributed by atoms with Crippen LogP contribution in [0.15, 0.2) is 18.2 Å². The number of likely N-dealkylation sites (tertiary alicyclic amines) is 1. The third kappa shape index (κ3) is 2.66. The number of imidazole rings is 1. The molecule has 108 valence electrons. The van der Waals surface area contributed by atoms with Crippen LogP contribution >= 0.6 is 0 Å². The lowest BCUT2D eigenvalue weighted by Gasteiger charge is -2.16. The Morgan fingerprint density at radius 1 is 1.20 bits per heavy atom. The summed E-state index contributed by atoms with van der Waals surface area (Å²) in [5.41, 5.74) is 8.93. The average molecular weight is 272 g/mol. The van der Waals surface area contributed by atoms with Crippen LogP contribution < -0.4 is 5.73 Å². The van der Waals surface area contributed by atoms with Crippen LogP contribution in [-0.2, 0) is 13.0 Å². The van der Waals surface area contributed by atoms with E-state index in [9.17, 15) is 0 Å². The number of nitrogen functional groups attached to an aromatic ring is 1. The topological polar surface area (TPSA) is 47.1 Å². The molecule has 1 aromatic heterocycles. The quantitative estimate of drug-likeness (QED) is 0.851. The normalized spacial score (nSPS) is 16.2. The Morgan fingerprint density at radius 2 is 2.00 bits per heavy atom. The van der Waals surface area contributed by atoms with Gasteiger partial charge in [0.25, 0.3) is 0 Å². The van der Waals surface area contributed by atoms with E-state index in [2.05, 4.69) is 22.5 Å². The highest BCUT2D eigenvalue weighted by Crippen LogP contribution is 2.20. The smallest absolute Gasteiger partial charge is 0.109 e. The van der Waals surface area contributed by atoms with Crippen LogP contribution in [0.1, 0.15) is 32.0 Å². The number of rotatable bonds is 5. The molecule has 0 spiro atoms. The summed E-state index contributed by atoms with van der Waals surface area (Å²) in [7, 11) is 0. The molecule has 20 heavy (non-hydrogen) atoms.